The number of anilines is 1. The standard InChI is InChI=1S/C16H21N5OS/c1-11-5-3-4-8-21(11)14-7-6-12(15(18)22)9-13(14)20-16(23-2)19-10-17/h6-7,9,11H,3-5,8H2,1-2H3,(H2,18,22)(H,19,20). The number of aliphatic imine (C=N–C) groups is 1. The van der Waals surface area contributed by atoms with E-state index in [1.54, 1.807) is 12.1 Å². The number of nitrogens with two attached hydrogens (primary N) is 1. The molecular formula is C16H21N5OS. The Hall–Kier alpha value is -2.20. The first-order valence-electron chi connectivity index (χ1n) is 7.55. The fraction of sp³-hybridized carbons (Fsp3) is 0.438. The molecule has 122 valence electrons. The smallest absolute Gasteiger partial charge is 0.248 e. The highest BCUT2D eigenvalue weighted by atomic mass is 32.2. The van der Waals surface area contributed by atoms with Crippen LogP contribution in [0.3, 0.4) is 0 Å². The van der Waals surface area contributed by atoms with Crippen molar-refractivity contribution in [3.8, 4) is 6.19 Å². The van der Waals surface area contributed by atoms with Crippen molar-refractivity contribution >= 4 is 34.2 Å². The van der Waals surface area contributed by atoms with E-state index in [1.807, 2.05) is 18.5 Å². The van der Waals surface area contributed by atoms with Crippen molar-refractivity contribution in [2.75, 3.05) is 17.7 Å². The third kappa shape index (κ3) is 4.17. The molecule has 1 aliphatic heterocycles. The van der Waals surface area contributed by atoms with Crippen molar-refractivity contribution in [1.29, 1.82) is 5.26 Å². The molecule has 6 nitrogen and oxygen atoms in total. The second kappa shape index (κ2) is 7.88. The number of primary amides is 1. The molecule has 1 aliphatic rings. The van der Waals surface area contributed by atoms with Gasteiger partial charge in [0.2, 0.25) is 5.91 Å². The van der Waals surface area contributed by atoms with Gasteiger partial charge >= 0.3 is 0 Å². The summed E-state index contributed by atoms with van der Waals surface area (Å²) in [6.45, 7) is 3.15. The fourth-order valence-corrected chi connectivity index (χ4v) is 3.08. The molecule has 0 saturated carbocycles. The number of carbonyl (C=O) groups is 1. The normalized spacial score (nSPS) is 18.4. The summed E-state index contributed by atoms with van der Waals surface area (Å²) in [6.07, 6.45) is 7.21. The molecule has 7 heteroatoms. The molecule has 1 aromatic rings. The summed E-state index contributed by atoms with van der Waals surface area (Å²) in [4.78, 5) is 18.3. The lowest BCUT2D eigenvalue weighted by molar-refractivity contribution is 0.100. The zero-order valence-electron chi connectivity index (χ0n) is 13.4. The monoisotopic (exact) mass is 331 g/mol. The molecule has 0 aliphatic carbocycles. The van der Waals surface area contributed by atoms with Gasteiger partial charge in [-0.25, -0.2) is 4.99 Å². The summed E-state index contributed by atoms with van der Waals surface area (Å²) in [7, 11) is 0. The van der Waals surface area contributed by atoms with Crippen LogP contribution >= 0.6 is 11.8 Å². The predicted octanol–water partition coefficient (Wildman–Crippen LogP) is 2.59. The number of nitrogens with zero attached hydrogens (tertiary/aromatic N) is 3. The van der Waals surface area contributed by atoms with E-state index >= 15 is 0 Å². The molecule has 1 amide bonds. The first-order chi connectivity index (χ1) is 11.1. The van der Waals surface area contributed by atoms with Gasteiger partial charge in [0.25, 0.3) is 0 Å². The van der Waals surface area contributed by atoms with Crippen LogP contribution in [0.25, 0.3) is 0 Å². The van der Waals surface area contributed by atoms with Crippen LogP contribution in [0.1, 0.15) is 36.5 Å². The van der Waals surface area contributed by atoms with Crippen molar-refractivity contribution in [2.45, 2.75) is 32.2 Å². The van der Waals surface area contributed by atoms with E-state index in [4.69, 9.17) is 11.0 Å². The third-order valence-electron chi connectivity index (χ3n) is 3.95. The molecule has 0 aromatic heterocycles. The quantitative estimate of drug-likeness (QED) is 0.384. The van der Waals surface area contributed by atoms with Crippen molar-refractivity contribution in [3.63, 3.8) is 0 Å². The predicted molar refractivity (Wildman–Crippen MR) is 95.0 cm³/mol. The molecular weight excluding hydrogens is 310 g/mol. The molecule has 1 unspecified atom stereocenters. The molecule has 1 heterocycles. The second-order valence-corrected chi connectivity index (χ2v) is 6.26. The lowest BCUT2D eigenvalue weighted by Gasteiger charge is -2.36. The van der Waals surface area contributed by atoms with Gasteiger partial charge in [0.15, 0.2) is 11.4 Å². The van der Waals surface area contributed by atoms with Gasteiger partial charge in [0, 0.05) is 18.2 Å². The zero-order chi connectivity index (χ0) is 16.8. The van der Waals surface area contributed by atoms with Crippen LogP contribution in [0.2, 0.25) is 0 Å². The van der Waals surface area contributed by atoms with Crippen LogP contribution < -0.4 is 16.0 Å². The van der Waals surface area contributed by atoms with Crippen molar-refractivity contribution in [3.05, 3.63) is 23.8 Å². The number of amidine groups is 1. The first kappa shape index (κ1) is 17.2. The highest BCUT2D eigenvalue weighted by Gasteiger charge is 2.21. The maximum atomic E-state index is 11.5. The number of hydrogen-bond acceptors (Lipinski definition) is 5. The van der Waals surface area contributed by atoms with Crippen LogP contribution in [0.4, 0.5) is 11.4 Å². The van der Waals surface area contributed by atoms with E-state index in [2.05, 4.69) is 22.1 Å². The summed E-state index contributed by atoms with van der Waals surface area (Å²) >= 11 is 1.34. The molecule has 0 bridgehead atoms. The number of thioether (sulfide) groups is 1. The topological polar surface area (TPSA) is 94.5 Å². The van der Waals surface area contributed by atoms with Crippen LogP contribution in [0, 0.1) is 11.5 Å². The van der Waals surface area contributed by atoms with Crippen LogP contribution in [0.5, 0.6) is 0 Å². The van der Waals surface area contributed by atoms with Gasteiger partial charge in [0.05, 0.1) is 11.4 Å². The van der Waals surface area contributed by atoms with Gasteiger partial charge in [-0.05, 0) is 50.6 Å². The number of nitriles is 1. The number of amides is 1. The number of hydrogen-bond donors (Lipinski definition) is 2. The minimum Gasteiger partial charge on any atom is -0.367 e. The Bertz CT molecular complexity index is 652. The average molecular weight is 331 g/mol. The summed E-state index contributed by atoms with van der Waals surface area (Å²) in [5.41, 5.74) is 7.42. The average Bonchev–Trinajstić information content (AvgIpc) is 2.55. The molecule has 23 heavy (non-hydrogen) atoms. The van der Waals surface area contributed by atoms with Crippen LogP contribution in [0.15, 0.2) is 23.2 Å². The second-order valence-electron chi connectivity index (χ2n) is 5.46. The minimum absolute atomic E-state index is 0.412. The van der Waals surface area contributed by atoms with Crippen molar-refractivity contribution < 1.29 is 4.79 Å². The number of piperidine rings is 1. The number of benzene rings is 1. The lowest BCUT2D eigenvalue weighted by Crippen LogP contribution is -2.37. The zero-order valence-corrected chi connectivity index (χ0v) is 14.2. The minimum atomic E-state index is -0.487. The third-order valence-corrected chi connectivity index (χ3v) is 4.53. The van der Waals surface area contributed by atoms with Gasteiger partial charge in [-0.15, -0.1) is 0 Å². The van der Waals surface area contributed by atoms with E-state index in [-0.39, 0.29) is 0 Å². The molecule has 2 rings (SSSR count). The SMILES string of the molecule is CSC(=Nc1cc(C(N)=O)ccc1N1CCCCC1C)NC#N. The Labute approximate surface area is 140 Å². The van der Waals surface area contributed by atoms with Gasteiger partial charge in [-0.2, -0.15) is 5.26 Å². The Kier molecular flexibility index (Phi) is 5.88. The number of rotatable bonds is 3. The number of nitrogens with one attached hydrogen (secondary N) is 1. The fourth-order valence-electron chi connectivity index (χ4n) is 2.75. The summed E-state index contributed by atoms with van der Waals surface area (Å²) in [6, 6.07) is 5.73. The van der Waals surface area contributed by atoms with Gasteiger partial charge in [0.1, 0.15) is 0 Å². The van der Waals surface area contributed by atoms with Crippen molar-refractivity contribution in [2.24, 2.45) is 10.7 Å². The molecule has 0 radical (unpaired) electrons. The highest BCUT2D eigenvalue weighted by Crippen LogP contribution is 2.34. The van der Waals surface area contributed by atoms with Crippen LogP contribution in [-0.2, 0) is 0 Å². The maximum absolute atomic E-state index is 11.5. The highest BCUT2D eigenvalue weighted by molar-refractivity contribution is 8.13. The largest absolute Gasteiger partial charge is 0.367 e. The van der Waals surface area contributed by atoms with E-state index in [9.17, 15) is 4.79 Å². The Morgan fingerprint density at radius 3 is 2.91 bits per heavy atom. The Morgan fingerprint density at radius 2 is 2.30 bits per heavy atom. The van der Waals surface area contributed by atoms with Gasteiger partial charge in [-0.3, -0.25) is 10.1 Å². The van der Waals surface area contributed by atoms with E-state index in [1.165, 1.54) is 18.2 Å². The van der Waals surface area contributed by atoms with Crippen molar-refractivity contribution in [1.82, 2.24) is 5.32 Å². The van der Waals surface area contributed by atoms with Gasteiger partial charge < -0.3 is 10.6 Å². The Morgan fingerprint density at radius 1 is 1.52 bits per heavy atom. The molecule has 1 saturated heterocycles. The summed E-state index contributed by atoms with van der Waals surface area (Å²) < 4.78 is 0. The molecule has 1 aromatic carbocycles. The summed E-state index contributed by atoms with van der Waals surface area (Å²) in [5, 5.41) is 11.8. The van der Waals surface area contributed by atoms with E-state index in [0.29, 0.717) is 22.5 Å². The van der Waals surface area contributed by atoms with E-state index < -0.39 is 5.91 Å². The molecule has 1 fully saturated rings. The number of carbonyl (C=O) groups excluding carboxylic acids is 1. The molecule has 0 spiro atoms. The van der Waals surface area contributed by atoms with Crippen LogP contribution in [-0.4, -0.2) is 29.9 Å². The molecule has 3 N–H and O–H groups in total. The first-order valence-corrected chi connectivity index (χ1v) is 8.77. The molecule has 1 atom stereocenters. The lowest BCUT2D eigenvalue weighted by atomic mass is 10.0. The Balaban J connectivity index is 2.48. The maximum Gasteiger partial charge on any atom is 0.248 e. The van der Waals surface area contributed by atoms with E-state index in [0.717, 1.165) is 25.1 Å². The van der Waals surface area contributed by atoms with Gasteiger partial charge in [-0.1, -0.05) is 11.8 Å². The summed E-state index contributed by atoms with van der Waals surface area (Å²) in [5.74, 6) is -0.487.